The third kappa shape index (κ3) is 7.42. The minimum Gasteiger partial charge on any atom is -0.294 e. The molecule has 20 heavy (non-hydrogen) atoms. The van der Waals surface area contributed by atoms with Crippen molar-refractivity contribution in [3.05, 3.63) is 29.6 Å². The first-order chi connectivity index (χ1) is 9.74. The van der Waals surface area contributed by atoms with E-state index in [1.54, 1.807) is 6.20 Å². The minimum absolute atomic E-state index is 0.237. The van der Waals surface area contributed by atoms with Gasteiger partial charge in [0, 0.05) is 23.9 Å². The molecule has 0 atom stereocenters. The molecule has 0 saturated carbocycles. The molecule has 0 aliphatic carbocycles. The molecule has 0 N–H and O–H groups in total. The quantitative estimate of drug-likeness (QED) is 0.394. The third-order valence-corrected chi connectivity index (χ3v) is 3.74. The van der Waals surface area contributed by atoms with Gasteiger partial charge in [-0.1, -0.05) is 58.3 Å². The Balaban J connectivity index is 2.01. The van der Waals surface area contributed by atoms with Gasteiger partial charge in [-0.05, 0) is 25.5 Å². The highest BCUT2D eigenvalue weighted by molar-refractivity contribution is 5.95. The van der Waals surface area contributed by atoms with Gasteiger partial charge >= 0.3 is 0 Å². The van der Waals surface area contributed by atoms with Gasteiger partial charge in [-0.15, -0.1) is 0 Å². The molecule has 0 fully saturated rings. The van der Waals surface area contributed by atoms with Gasteiger partial charge in [0.15, 0.2) is 5.78 Å². The van der Waals surface area contributed by atoms with E-state index in [1.165, 1.54) is 51.4 Å². The maximum absolute atomic E-state index is 11.9. The van der Waals surface area contributed by atoms with E-state index in [1.807, 2.05) is 19.1 Å². The highest BCUT2D eigenvalue weighted by atomic mass is 16.1. The summed E-state index contributed by atoms with van der Waals surface area (Å²) in [6, 6.07) is 3.79. The average Bonchev–Trinajstić information content (AvgIpc) is 2.46. The Morgan fingerprint density at radius 3 is 2.10 bits per heavy atom. The van der Waals surface area contributed by atoms with E-state index >= 15 is 0 Å². The number of carbonyl (C=O) groups is 1. The lowest BCUT2D eigenvalue weighted by Gasteiger charge is -2.03. The van der Waals surface area contributed by atoms with Crippen LogP contribution in [0.1, 0.15) is 87.2 Å². The zero-order chi connectivity index (χ0) is 14.6. The molecule has 1 heterocycles. The highest BCUT2D eigenvalue weighted by Crippen LogP contribution is 2.12. The largest absolute Gasteiger partial charge is 0.294 e. The number of unbranched alkanes of at least 4 members (excludes halogenated alkanes) is 8. The number of hydrogen-bond acceptors (Lipinski definition) is 2. The second-order valence-electron chi connectivity index (χ2n) is 5.69. The van der Waals surface area contributed by atoms with Gasteiger partial charge in [0.1, 0.15) is 0 Å². The molecule has 0 spiro atoms. The topological polar surface area (TPSA) is 30.0 Å². The first-order valence-electron chi connectivity index (χ1n) is 8.20. The number of carbonyl (C=O) groups excluding carboxylic acids is 1. The summed E-state index contributed by atoms with van der Waals surface area (Å²) >= 11 is 0. The van der Waals surface area contributed by atoms with E-state index in [0.717, 1.165) is 17.7 Å². The van der Waals surface area contributed by atoms with Crippen LogP contribution in [0.3, 0.4) is 0 Å². The predicted molar refractivity (Wildman–Crippen MR) is 85.1 cm³/mol. The Hall–Kier alpha value is -1.18. The summed E-state index contributed by atoms with van der Waals surface area (Å²) < 4.78 is 0. The van der Waals surface area contributed by atoms with Crippen molar-refractivity contribution in [3.63, 3.8) is 0 Å². The molecule has 0 bridgehead atoms. The van der Waals surface area contributed by atoms with Gasteiger partial charge in [-0.2, -0.15) is 0 Å². The van der Waals surface area contributed by atoms with E-state index in [0.29, 0.717) is 6.42 Å². The lowest BCUT2D eigenvalue weighted by molar-refractivity contribution is 0.0978. The molecule has 0 radical (unpaired) electrons. The second-order valence-corrected chi connectivity index (χ2v) is 5.69. The van der Waals surface area contributed by atoms with E-state index in [9.17, 15) is 4.79 Å². The van der Waals surface area contributed by atoms with Gasteiger partial charge in [0.25, 0.3) is 0 Å². The molecule has 0 aliphatic rings. The van der Waals surface area contributed by atoms with Crippen molar-refractivity contribution in [2.24, 2.45) is 0 Å². The number of aryl methyl sites for hydroxylation is 1. The first kappa shape index (κ1) is 16.9. The van der Waals surface area contributed by atoms with Crippen LogP contribution in [0.5, 0.6) is 0 Å². The van der Waals surface area contributed by atoms with Crippen molar-refractivity contribution >= 4 is 5.78 Å². The second kappa shape index (κ2) is 10.6. The fraction of sp³-hybridized carbons (Fsp3) is 0.667. The van der Waals surface area contributed by atoms with Crippen LogP contribution in [0, 0.1) is 6.92 Å². The summed E-state index contributed by atoms with van der Waals surface area (Å²) in [5, 5.41) is 0. The van der Waals surface area contributed by atoms with Crippen LogP contribution >= 0.6 is 0 Å². The SMILES string of the molecule is CCCCCCCCCCCC(=O)c1ccc(C)nc1. The predicted octanol–water partition coefficient (Wildman–Crippen LogP) is 5.49. The van der Waals surface area contributed by atoms with Crippen molar-refractivity contribution in [3.8, 4) is 0 Å². The zero-order valence-electron chi connectivity index (χ0n) is 13.2. The Kier molecular flexibility index (Phi) is 8.93. The lowest BCUT2D eigenvalue weighted by Crippen LogP contribution is -2.00. The lowest BCUT2D eigenvalue weighted by atomic mass is 10.0. The van der Waals surface area contributed by atoms with E-state index in [2.05, 4.69) is 11.9 Å². The minimum atomic E-state index is 0.237. The van der Waals surface area contributed by atoms with Gasteiger partial charge in [0.2, 0.25) is 0 Å². The normalized spacial score (nSPS) is 10.7. The Bertz CT molecular complexity index is 370. The van der Waals surface area contributed by atoms with Gasteiger partial charge in [-0.3, -0.25) is 9.78 Å². The number of Topliss-reactive ketones (excluding diaryl/α,β-unsaturated/α-hetero) is 1. The molecule has 0 aromatic carbocycles. The average molecular weight is 275 g/mol. The molecule has 0 amide bonds. The van der Waals surface area contributed by atoms with Crippen molar-refractivity contribution in [1.82, 2.24) is 4.98 Å². The molecule has 0 unspecified atom stereocenters. The maximum atomic E-state index is 11.9. The van der Waals surface area contributed by atoms with Crippen LogP contribution in [-0.2, 0) is 0 Å². The molecule has 2 nitrogen and oxygen atoms in total. The monoisotopic (exact) mass is 275 g/mol. The first-order valence-corrected chi connectivity index (χ1v) is 8.20. The highest BCUT2D eigenvalue weighted by Gasteiger charge is 2.05. The number of rotatable bonds is 11. The summed E-state index contributed by atoms with van der Waals surface area (Å²) in [7, 11) is 0. The molecule has 1 aromatic rings. The maximum Gasteiger partial charge on any atom is 0.164 e. The Labute approximate surface area is 124 Å². The summed E-state index contributed by atoms with van der Waals surface area (Å²) in [6.45, 7) is 4.19. The van der Waals surface area contributed by atoms with Gasteiger partial charge in [-0.25, -0.2) is 0 Å². The van der Waals surface area contributed by atoms with Gasteiger partial charge < -0.3 is 0 Å². The number of aromatic nitrogens is 1. The van der Waals surface area contributed by atoms with Gasteiger partial charge in [0.05, 0.1) is 0 Å². The molecule has 2 heteroatoms. The van der Waals surface area contributed by atoms with E-state index < -0.39 is 0 Å². The van der Waals surface area contributed by atoms with Crippen LogP contribution < -0.4 is 0 Å². The molecule has 1 rings (SSSR count). The number of hydrogen-bond donors (Lipinski definition) is 0. The molecular weight excluding hydrogens is 246 g/mol. The molecule has 0 aliphatic heterocycles. The van der Waals surface area contributed by atoms with Crippen LogP contribution in [0.4, 0.5) is 0 Å². The number of nitrogens with zero attached hydrogens (tertiary/aromatic N) is 1. The summed E-state index contributed by atoms with van der Waals surface area (Å²) in [5.41, 5.74) is 1.72. The van der Waals surface area contributed by atoms with Crippen molar-refractivity contribution in [2.75, 3.05) is 0 Å². The van der Waals surface area contributed by atoms with Crippen LogP contribution in [0.2, 0.25) is 0 Å². The Morgan fingerprint density at radius 1 is 0.950 bits per heavy atom. The smallest absolute Gasteiger partial charge is 0.164 e. The molecule has 0 saturated heterocycles. The summed E-state index contributed by atoms with van der Waals surface area (Å²) in [6.07, 6.45) is 14.0. The van der Waals surface area contributed by atoms with Crippen molar-refractivity contribution < 1.29 is 4.79 Å². The van der Waals surface area contributed by atoms with Crippen molar-refractivity contribution in [1.29, 1.82) is 0 Å². The van der Waals surface area contributed by atoms with E-state index in [-0.39, 0.29) is 5.78 Å². The number of ketones is 1. The van der Waals surface area contributed by atoms with Crippen molar-refractivity contribution in [2.45, 2.75) is 78.1 Å². The molecule has 1 aromatic heterocycles. The Morgan fingerprint density at radius 2 is 1.55 bits per heavy atom. The zero-order valence-corrected chi connectivity index (χ0v) is 13.2. The van der Waals surface area contributed by atoms with Crippen LogP contribution in [-0.4, -0.2) is 10.8 Å². The third-order valence-electron chi connectivity index (χ3n) is 3.74. The number of pyridine rings is 1. The fourth-order valence-corrected chi connectivity index (χ4v) is 2.37. The van der Waals surface area contributed by atoms with E-state index in [4.69, 9.17) is 0 Å². The van der Waals surface area contributed by atoms with Crippen LogP contribution in [0.15, 0.2) is 18.3 Å². The standard InChI is InChI=1S/C18H29NO/c1-3-4-5-6-7-8-9-10-11-12-18(20)17-14-13-16(2)19-15-17/h13-15H,3-12H2,1-2H3. The van der Waals surface area contributed by atoms with Crippen LogP contribution in [0.25, 0.3) is 0 Å². The molecular formula is C18H29NO. The molecule has 112 valence electrons. The summed E-state index contributed by atoms with van der Waals surface area (Å²) in [5.74, 6) is 0.237. The summed E-state index contributed by atoms with van der Waals surface area (Å²) in [4.78, 5) is 16.1. The fourth-order valence-electron chi connectivity index (χ4n) is 2.37.